The van der Waals surface area contributed by atoms with Gasteiger partial charge in [0, 0.05) is 20.4 Å². The number of hydrogen-bond donors (Lipinski definition) is 1. The summed E-state index contributed by atoms with van der Waals surface area (Å²) in [6, 6.07) is 18.6. The minimum absolute atomic E-state index is 0.199. The van der Waals surface area contributed by atoms with E-state index in [2.05, 4.69) is 32.9 Å². The Balaban J connectivity index is 1.61. The first-order chi connectivity index (χ1) is 12.6. The molecule has 0 bridgehead atoms. The Labute approximate surface area is 162 Å². The summed E-state index contributed by atoms with van der Waals surface area (Å²) in [6.07, 6.45) is 0. The van der Waals surface area contributed by atoms with Crippen molar-refractivity contribution in [1.29, 1.82) is 0 Å². The molecule has 0 aliphatic carbocycles. The molecule has 0 radical (unpaired) electrons. The van der Waals surface area contributed by atoms with Crippen LogP contribution < -0.4 is 5.32 Å². The average Bonchev–Trinajstić information content (AvgIpc) is 3.05. The second-order valence-corrected chi connectivity index (χ2v) is 6.92. The lowest BCUT2D eigenvalue weighted by atomic mass is 10.2. The number of hydrogen-bond acceptors (Lipinski definition) is 3. The maximum atomic E-state index is 13.4. The van der Waals surface area contributed by atoms with Crippen LogP contribution in [0.2, 0.25) is 0 Å². The summed E-state index contributed by atoms with van der Waals surface area (Å²) in [6.45, 7) is 0. The number of nitrogens with one attached hydrogen (secondary N) is 1. The third kappa shape index (κ3) is 3.45. The van der Waals surface area contributed by atoms with Crippen molar-refractivity contribution in [2.45, 2.75) is 0 Å². The second-order valence-electron chi connectivity index (χ2n) is 5.67. The molecule has 0 fully saturated rings. The topological polar surface area (TPSA) is 55.1 Å². The molecule has 4 nitrogen and oxygen atoms in total. The van der Waals surface area contributed by atoms with E-state index in [9.17, 15) is 9.18 Å². The van der Waals surface area contributed by atoms with Crippen LogP contribution in [-0.4, -0.2) is 10.9 Å². The third-order valence-corrected chi connectivity index (χ3v) is 4.54. The molecule has 0 saturated heterocycles. The van der Waals surface area contributed by atoms with Crippen LogP contribution >= 0.6 is 22.6 Å². The highest BCUT2D eigenvalue weighted by Gasteiger charge is 2.11. The van der Waals surface area contributed by atoms with Gasteiger partial charge in [-0.2, -0.15) is 0 Å². The lowest BCUT2D eigenvalue weighted by molar-refractivity contribution is 0.102. The molecule has 1 N–H and O–H groups in total. The molecule has 0 unspecified atom stereocenters. The van der Waals surface area contributed by atoms with Crippen LogP contribution in [-0.2, 0) is 0 Å². The van der Waals surface area contributed by atoms with E-state index in [0.29, 0.717) is 33.8 Å². The highest BCUT2D eigenvalue weighted by Crippen LogP contribution is 2.26. The van der Waals surface area contributed by atoms with E-state index in [0.717, 1.165) is 3.57 Å². The summed E-state index contributed by atoms with van der Waals surface area (Å²) in [4.78, 5) is 16.7. The molecule has 1 heterocycles. The van der Waals surface area contributed by atoms with Gasteiger partial charge in [-0.15, -0.1) is 0 Å². The fraction of sp³-hybridized carbons (Fsp3) is 0. The predicted octanol–water partition coefficient (Wildman–Crippen LogP) is 5.49. The van der Waals surface area contributed by atoms with Gasteiger partial charge in [0.15, 0.2) is 5.58 Å². The quantitative estimate of drug-likeness (QED) is 0.413. The second kappa shape index (κ2) is 6.87. The average molecular weight is 458 g/mol. The maximum absolute atomic E-state index is 13.4. The summed E-state index contributed by atoms with van der Waals surface area (Å²) in [5.74, 6) is -0.217. The molecule has 0 aliphatic heterocycles. The molecule has 0 aliphatic rings. The zero-order chi connectivity index (χ0) is 18.1. The highest BCUT2D eigenvalue weighted by atomic mass is 127. The van der Waals surface area contributed by atoms with Gasteiger partial charge in [-0.1, -0.05) is 6.07 Å². The molecule has 128 valence electrons. The van der Waals surface area contributed by atoms with Crippen LogP contribution in [0.25, 0.3) is 22.6 Å². The van der Waals surface area contributed by atoms with E-state index in [1.54, 1.807) is 42.5 Å². The maximum Gasteiger partial charge on any atom is 0.255 e. The minimum Gasteiger partial charge on any atom is -0.436 e. The molecule has 0 saturated carbocycles. The summed E-state index contributed by atoms with van der Waals surface area (Å²) in [7, 11) is 0. The first-order valence-corrected chi connectivity index (χ1v) is 8.90. The van der Waals surface area contributed by atoms with Crippen molar-refractivity contribution in [2.24, 2.45) is 0 Å². The zero-order valence-electron chi connectivity index (χ0n) is 13.4. The molecule has 26 heavy (non-hydrogen) atoms. The van der Waals surface area contributed by atoms with Gasteiger partial charge in [0.25, 0.3) is 5.91 Å². The van der Waals surface area contributed by atoms with Gasteiger partial charge in [-0.05, 0) is 83.3 Å². The van der Waals surface area contributed by atoms with Gasteiger partial charge in [0.05, 0.1) is 0 Å². The summed E-state index contributed by atoms with van der Waals surface area (Å²) in [5.41, 5.74) is 2.90. The van der Waals surface area contributed by atoms with Crippen LogP contribution in [0, 0.1) is 9.39 Å². The van der Waals surface area contributed by atoms with E-state index in [-0.39, 0.29) is 11.7 Å². The van der Waals surface area contributed by atoms with Crippen molar-refractivity contribution in [1.82, 2.24) is 4.98 Å². The zero-order valence-corrected chi connectivity index (χ0v) is 15.5. The molecule has 4 rings (SSSR count). The molecular weight excluding hydrogens is 446 g/mol. The Morgan fingerprint density at radius 1 is 1.04 bits per heavy atom. The van der Waals surface area contributed by atoms with Crippen molar-refractivity contribution in [3.8, 4) is 11.5 Å². The summed E-state index contributed by atoms with van der Waals surface area (Å²) >= 11 is 2.19. The fourth-order valence-electron chi connectivity index (χ4n) is 2.55. The first-order valence-electron chi connectivity index (χ1n) is 7.82. The molecule has 1 aromatic heterocycles. The van der Waals surface area contributed by atoms with E-state index in [1.807, 2.05) is 12.1 Å². The van der Waals surface area contributed by atoms with Gasteiger partial charge in [0.2, 0.25) is 5.89 Å². The standard InChI is InChI=1S/C20H12FIN2O2/c21-14-3-1-2-13(10-14)20-24-17-11-16(8-9-18(17)26-20)23-19(25)12-4-6-15(22)7-5-12/h1-11H,(H,23,25). The molecule has 0 spiro atoms. The third-order valence-electron chi connectivity index (χ3n) is 3.82. The normalized spacial score (nSPS) is 10.8. The largest absolute Gasteiger partial charge is 0.436 e. The number of carbonyl (C=O) groups is 1. The number of amides is 1. The number of aromatic nitrogens is 1. The molecule has 6 heteroatoms. The van der Waals surface area contributed by atoms with Gasteiger partial charge in [-0.25, -0.2) is 9.37 Å². The Bertz CT molecular complexity index is 1110. The SMILES string of the molecule is O=C(Nc1ccc2oc(-c3cccc(F)c3)nc2c1)c1ccc(I)cc1. The van der Waals surface area contributed by atoms with Gasteiger partial charge >= 0.3 is 0 Å². The lowest BCUT2D eigenvalue weighted by Crippen LogP contribution is -2.11. The van der Waals surface area contributed by atoms with Crippen molar-refractivity contribution in [3.05, 3.63) is 81.7 Å². The minimum atomic E-state index is -0.352. The molecule has 4 aromatic rings. The van der Waals surface area contributed by atoms with Gasteiger partial charge in [-0.3, -0.25) is 4.79 Å². The van der Waals surface area contributed by atoms with E-state index in [1.165, 1.54) is 12.1 Å². The van der Waals surface area contributed by atoms with Crippen LogP contribution in [0.1, 0.15) is 10.4 Å². The molecular formula is C20H12FIN2O2. The van der Waals surface area contributed by atoms with E-state index >= 15 is 0 Å². The number of rotatable bonds is 3. The molecule has 3 aromatic carbocycles. The fourth-order valence-corrected chi connectivity index (χ4v) is 2.91. The van der Waals surface area contributed by atoms with Crippen molar-refractivity contribution >= 4 is 45.3 Å². The monoisotopic (exact) mass is 458 g/mol. The first kappa shape index (κ1) is 16.7. The summed E-state index contributed by atoms with van der Waals surface area (Å²) < 4.78 is 20.1. The Hall–Kier alpha value is -2.74. The van der Waals surface area contributed by atoms with E-state index in [4.69, 9.17) is 4.42 Å². The van der Waals surface area contributed by atoms with Gasteiger partial charge in [0.1, 0.15) is 11.3 Å². The number of benzene rings is 3. The number of fused-ring (bicyclic) bond motifs is 1. The van der Waals surface area contributed by atoms with Crippen LogP contribution in [0.5, 0.6) is 0 Å². The van der Waals surface area contributed by atoms with Crippen LogP contribution in [0.4, 0.5) is 10.1 Å². The smallest absolute Gasteiger partial charge is 0.255 e. The van der Waals surface area contributed by atoms with Crippen molar-refractivity contribution < 1.29 is 13.6 Å². The predicted molar refractivity (Wildman–Crippen MR) is 107 cm³/mol. The number of nitrogens with zero attached hydrogens (tertiary/aromatic N) is 1. The molecule has 1 amide bonds. The lowest BCUT2D eigenvalue weighted by Gasteiger charge is -2.05. The van der Waals surface area contributed by atoms with Gasteiger partial charge < -0.3 is 9.73 Å². The van der Waals surface area contributed by atoms with Crippen molar-refractivity contribution in [3.63, 3.8) is 0 Å². The van der Waals surface area contributed by atoms with Crippen molar-refractivity contribution in [2.75, 3.05) is 5.32 Å². The number of halogens is 2. The van der Waals surface area contributed by atoms with Crippen LogP contribution in [0.15, 0.2) is 71.1 Å². The molecule has 0 atom stereocenters. The Kier molecular flexibility index (Phi) is 4.42. The van der Waals surface area contributed by atoms with E-state index < -0.39 is 0 Å². The highest BCUT2D eigenvalue weighted by molar-refractivity contribution is 14.1. The number of oxazole rings is 1. The summed E-state index contributed by atoms with van der Waals surface area (Å²) in [5, 5.41) is 2.84. The number of anilines is 1. The van der Waals surface area contributed by atoms with Crippen LogP contribution in [0.3, 0.4) is 0 Å². The Morgan fingerprint density at radius 3 is 2.62 bits per heavy atom. The Morgan fingerprint density at radius 2 is 1.85 bits per heavy atom. The number of carbonyl (C=O) groups excluding carboxylic acids is 1.